The second-order valence-corrected chi connectivity index (χ2v) is 3.90. The zero-order valence-corrected chi connectivity index (χ0v) is 8.49. The lowest BCUT2D eigenvalue weighted by Gasteiger charge is -2.15. The van der Waals surface area contributed by atoms with Crippen LogP contribution in [-0.4, -0.2) is 0 Å². The Balaban J connectivity index is 2.71. The molecule has 1 aromatic carbocycles. The molecule has 1 aliphatic rings. The van der Waals surface area contributed by atoms with Gasteiger partial charge in [-0.05, 0) is 30.0 Å². The van der Waals surface area contributed by atoms with Gasteiger partial charge >= 0.3 is 0 Å². The highest BCUT2D eigenvalue weighted by molar-refractivity contribution is 6.37. The van der Waals surface area contributed by atoms with Gasteiger partial charge in [0.15, 0.2) is 0 Å². The number of hydrogen-bond acceptors (Lipinski definition) is 1. The molecule has 0 amide bonds. The molecular weight excluding hydrogens is 205 g/mol. The van der Waals surface area contributed by atoms with Gasteiger partial charge in [0.2, 0.25) is 0 Å². The van der Waals surface area contributed by atoms with Gasteiger partial charge in [-0.25, -0.2) is 0 Å². The van der Waals surface area contributed by atoms with Gasteiger partial charge in [0.1, 0.15) is 0 Å². The lowest BCUT2D eigenvalue weighted by Crippen LogP contribution is -2.01. The Morgan fingerprint density at radius 2 is 2.00 bits per heavy atom. The van der Waals surface area contributed by atoms with E-state index in [4.69, 9.17) is 28.9 Å². The molecule has 68 valence electrons. The molecule has 1 aromatic rings. The van der Waals surface area contributed by atoms with E-state index in [1.807, 2.05) is 6.08 Å². The van der Waals surface area contributed by atoms with Crippen LogP contribution in [0.1, 0.15) is 17.5 Å². The first-order valence-electron chi connectivity index (χ1n) is 4.13. The fourth-order valence-corrected chi connectivity index (χ4v) is 2.14. The Kier molecular flexibility index (Phi) is 2.22. The van der Waals surface area contributed by atoms with Crippen LogP contribution < -0.4 is 5.73 Å². The molecule has 0 fully saturated rings. The third kappa shape index (κ3) is 1.43. The van der Waals surface area contributed by atoms with Gasteiger partial charge in [0.25, 0.3) is 0 Å². The van der Waals surface area contributed by atoms with Crippen LogP contribution in [0.4, 0.5) is 5.69 Å². The van der Waals surface area contributed by atoms with Crippen LogP contribution in [0.5, 0.6) is 0 Å². The molecule has 1 aliphatic carbocycles. The van der Waals surface area contributed by atoms with Crippen LogP contribution in [0.25, 0.3) is 6.08 Å². The van der Waals surface area contributed by atoms with Crippen LogP contribution >= 0.6 is 23.2 Å². The van der Waals surface area contributed by atoms with Crippen molar-refractivity contribution < 1.29 is 0 Å². The van der Waals surface area contributed by atoms with E-state index in [9.17, 15) is 0 Å². The molecule has 0 unspecified atom stereocenters. The molecule has 0 radical (unpaired) electrons. The summed E-state index contributed by atoms with van der Waals surface area (Å²) in [4.78, 5) is 0. The Hall–Kier alpha value is -0.660. The van der Waals surface area contributed by atoms with Crippen LogP contribution in [0.2, 0.25) is 10.0 Å². The number of halogens is 2. The number of fused-ring (bicyclic) bond motifs is 1. The first-order valence-corrected chi connectivity index (χ1v) is 4.88. The van der Waals surface area contributed by atoms with Crippen molar-refractivity contribution in [1.82, 2.24) is 0 Å². The van der Waals surface area contributed by atoms with Crippen molar-refractivity contribution in [3.8, 4) is 0 Å². The molecule has 1 nitrogen and oxygen atoms in total. The molecule has 0 atom stereocenters. The van der Waals surface area contributed by atoms with E-state index in [1.165, 1.54) is 0 Å². The Labute approximate surface area is 87.1 Å². The summed E-state index contributed by atoms with van der Waals surface area (Å²) in [6, 6.07) is 1.70. The van der Waals surface area contributed by atoms with Crippen molar-refractivity contribution in [2.24, 2.45) is 0 Å². The zero-order chi connectivity index (χ0) is 9.42. The molecular formula is C10H9Cl2N. The molecule has 0 aromatic heterocycles. The molecule has 2 rings (SSSR count). The Bertz CT molecular complexity index is 383. The molecule has 3 heteroatoms. The number of benzene rings is 1. The van der Waals surface area contributed by atoms with E-state index in [1.54, 1.807) is 6.07 Å². The van der Waals surface area contributed by atoms with Gasteiger partial charge in [-0.15, -0.1) is 0 Å². The third-order valence-corrected chi connectivity index (χ3v) is 2.89. The summed E-state index contributed by atoms with van der Waals surface area (Å²) in [7, 11) is 0. The number of allylic oxidation sites excluding steroid dienone is 1. The van der Waals surface area contributed by atoms with Gasteiger partial charge in [-0.2, -0.15) is 0 Å². The van der Waals surface area contributed by atoms with Crippen molar-refractivity contribution in [3.05, 3.63) is 33.3 Å². The number of nitrogens with two attached hydrogens (primary N) is 1. The fourth-order valence-electron chi connectivity index (χ4n) is 1.58. The van der Waals surface area contributed by atoms with Crippen molar-refractivity contribution in [2.45, 2.75) is 12.8 Å². The SMILES string of the molecule is Nc1c(Cl)cc(Cl)c2c1CCC=C2. The van der Waals surface area contributed by atoms with E-state index >= 15 is 0 Å². The standard InChI is InChI=1S/C10H9Cl2N/c11-8-5-9(12)10(13)7-4-2-1-3-6(7)8/h1,3,5H,2,4,13H2. The smallest absolute Gasteiger partial charge is 0.0653 e. The first kappa shape index (κ1) is 8.92. The second kappa shape index (κ2) is 3.24. The number of hydrogen-bond donors (Lipinski definition) is 1. The quantitative estimate of drug-likeness (QED) is 0.656. The minimum Gasteiger partial charge on any atom is -0.397 e. The predicted molar refractivity (Wildman–Crippen MR) is 58.2 cm³/mol. The minimum atomic E-state index is 0.555. The molecule has 13 heavy (non-hydrogen) atoms. The predicted octanol–water partition coefficient (Wildman–Crippen LogP) is 3.54. The van der Waals surface area contributed by atoms with Gasteiger partial charge in [0, 0.05) is 5.02 Å². The maximum atomic E-state index is 6.03. The summed E-state index contributed by atoms with van der Waals surface area (Å²) in [5, 5.41) is 1.24. The summed E-state index contributed by atoms with van der Waals surface area (Å²) in [5.41, 5.74) is 8.63. The van der Waals surface area contributed by atoms with Crippen LogP contribution in [0.15, 0.2) is 12.1 Å². The summed E-state index contributed by atoms with van der Waals surface area (Å²) in [6.07, 6.45) is 6.04. The van der Waals surface area contributed by atoms with Gasteiger partial charge in [0.05, 0.1) is 10.7 Å². The maximum Gasteiger partial charge on any atom is 0.0653 e. The Morgan fingerprint density at radius 1 is 1.23 bits per heavy atom. The van der Waals surface area contributed by atoms with Gasteiger partial charge < -0.3 is 5.73 Å². The highest BCUT2D eigenvalue weighted by Crippen LogP contribution is 2.35. The average molecular weight is 214 g/mol. The van der Waals surface area contributed by atoms with E-state index in [2.05, 4.69) is 6.08 Å². The summed E-state index contributed by atoms with van der Waals surface area (Å²) in [6.45, 7) is 0. The molecule has 0 spiro atoms. The fraction of sp³-hybridized carbons (Fsp3) is 0.200. The Morgan fingerprint density at radius 3 is 2.77 bits per heavy atom. The molecule has 0 saturated carbocycles. The van der Waals surface area contributed by atoms with Crippen molar-refractivity contribution in [1.29, 1.82) is 0 Å². The second-order valence-electron chi connectivity index (χ2n) is 3.09. The average Bonchev–Trinajstić information content (AvgIpc) is 2.15. The van der Waals surface area contributed by atoms with Gasteiger partial charge in [-0.3, -0.25) is 0 Å². The lowest BCUT2D eigenvalue weighted by atomic mass is 9.96. The topological polar surface area (TPSA) is 26.0 Å². The molecule has 0 heterocycles. The first-order chi connectivity index (χ1) is 6.20. The van der Waals surface area contributed by atoms with Crippen LogP contribution in [-0.2, 0) is 6.42 Å². The third-order valence-electron chi connectivity index (χ3n) is 2.26. The largest absolute Gasteiger partial charge is 0.397 e. The molecule has 0 aliphatic heterocycles. The molecule has 2 N–H and O–H groups in total. The monoisotopic (exact) mass is 213 g/mol. The number of anilines is 1. The van der Waals surface area contributed by atoms with E-state index in [0.29, 0.717) is 15.7 Å². The normalized spacial score (nSPS) is 14.3. The van der Waals surface area contributed by atoms with Crippen LogP contribution in [0.3, 0.4) is 0 Å². The number of rotatable bonds is 0. The van der Waals surface area contributed by atoms with Gasteiger partial charge in [-0.1, -0.05) is 35.4 Å². The maximum absolute atomic E-state index is 6.03. The van der Waals surface area contributed by atoms with E-state index < -0.39 is 0 Å². The molecule has 0 bridgehead atoms. The van der Waals surface area contributed by atoms with E-state index in [0.717, 1.165) is 24.0 Å². The van der Waals surface area contributed by atoms with E-state index in [-0.39, 0.29) is 0 Å². The minimum absolute atomic E-state index is 0.555. The number of nitrogen functional groups attached to an aromatic ring is 1. The molecule has 0 saturated heterocycles. The highest BCUT2D eigenvalue weighted by atomic mass is 35.5. The summed E-state index contributed by atoms with van der Waals surface area (Å²) >= 11 is 11.9. The lowest BCUT2D eigenvalue weighted by molar-refractivity contribution is 0.989. The van der Waals surface area contributed by atoms with Crippen LogP contribution in [0, 0.1) is 0 Å². The van der Waals surface area contributed by atoms with Crippen molar-refractivity contribution >= 4 is 35.0 Å². The van der Waals surface area contributed by atoms with Crippen molar-refractivity contribution in [2.75, 3.05) is 5.73 Å². The summed E-state index contributed by atoms with van der Waals surface area (Å²) in [5.74, 6) is 0. The zero-order valence-electron chi connectivity index (χ0n) is 6.98. The highest BCUT2D eigenvalue weighted by Gasteiger charge is 2.14. The summed E-state index contributed by atoms with van der Waals surface area (Å²) < 4.78 is 0. The van der Waals surface area contributed by atoms with Crippen molar-refractivity contribution in [3.63, 3.8) is 0 Å².